The molecule has 0 amide bonds. The Labute approximate surface area is 101 Å². The largest absolute Gasteiger partial charge is 0.308 e. The highest BCUT2D eigenvalue weighted by atomic mass is 19.1. The summed E-state index contributed by atoms with van der Waals surface area (Å²) in [7, 11) is 2.07. The third-order valence-electron chi connectivity index (χ3n) is 3.25. The zero-order chi connectivity index (χ0) is 12.3. The molecule has 1 aromatic carbocycles. The maximum atomic E-state index is 13.4. The van der Waals surface area contributed by atoms with Crippen molar-refractivity contribution in [3.8, 4) is 0 Å². The number of piperidine rings is 1. The van der Waals surface area contributed by atoms with Crippen LogP contribution < -0.4 is 5.32 Å². The SMILES string of the molecule is CN1CCCC(NCc2c(F)cccc2F)C1. The van der Waals surface area contributed by atoms with Crippen molar-refractivity contribution in [2.24, 2.45) is 0 Å². The van der Waals surface area contributed by atoms with Crippen LogP contribution in [0.5, 0.6) is 0 Å². The first-order chi connectivity index (χ1) is 8.16. The number of halogens is 2. The van der Waals surface area contributed by atoms with Crippen LogP contribution in [-0.4, -0.2) is 31.1 Å². The Kier molecular flexibility index (Phi) is 4.07. The molecule has 1 N–H and O–H groups in total. The molecule has 4 heteroatoms. The summed E-state index contributed by atoms with van der Waals surface area (Å²) in [6.07, 6.45) is 2.20. The van der Waals surface area contributed by atoms with Gasteiger partial charge in [0.05, 0.1) is 0 Å². The maximum absolute atomic E-state index is 13.4. The molecule has 0 spiro atoms. The first kappa shape index (κ1) is 12.5. The average molecular weight is 240 g/mol. The maximum Gasteiger partial charge on any atom is 0.130 e. The molecule has 1 saturated heterocycles. The van der Waals surface area contributed by atoms with Crippen molar-refractivity contribution in [3.05, 3.63) is 35.4 Å². The highest BCUT2D eigenvalue weighted by Gasteiger charge is 2.17. The van der Waals surface area contributed by atoms with Gasteiger partial charge < -0.3 is 10.2 Å². The Morgan fingerprint density at radius 2 is 2.06 bits per heavy atom. The van der Waals surface area contributed by atoms with Crippen LogP contribution >= 0.6 is 0 Å². The summed E-state index contributed by atoms with van der Waals surface area (Å²) in [4.78, 5) is 2.23. The van der Waals surface area contributed by atoms with Crippen LogP contribution in [0.2, 0.25) is 0 Å². The van der Waals surface area contributed by atoms with Gasteiger partial charge in [-0.05, 0) is 38.6 Å². The van der Waals surface area contributed by atoms with Gasteiger partial charge in [0, 0.05) is 24.7 Å². The normalized spacial score (nSPS) is 21.7. The van der Waals surface area contributed by atoms with Crippen LogP contribution in [0.4, 0.5) is 8.78 Å². The van der Waals surface area contributed by atoms with E-state index in [-0.39, 0.29) is 12.1 Å². The standard InChI is InChI=1S/C13H18F2N2/c1-17-7-3-4-10(9-17)16-8-11-12(14)5-2-6-13(11)15/h2,5-6,10,16H,3-4,7-9H2,1H3. The van der Waals surface area contributed by atoms with Crippen LogP contribution in [-0.2, 0) is 6.54 Å². The van der Waals surface area contributed by atoms with Crippen LogP contribution in [0.3, 0.4) is 0 Å². The van der Waals surface area contributed by atoms with Crippen molar-refractivity contribution >= 4 is 0 Å². The summed E-state index contributed by atoms with van der Waals surface area (Å²) >= 11 is 0. The predicted octanol–water partition coefficient (Wildman–Crippen LogP) is 2.15. The van der Waals surface area contributed by atoms with E-state index in [2.05, 4.69) is 17.3 Å². The van der Waals surface area contributed by atoms with E-state index in [1.807, 2.05) is 0 Å². The lowest BCUT2D eigenvalue weighted by Crippen LogP contribution is -2.43. The number of rotatable bonds is 3. The van der Waals surface area contributed by atoms with Gasteiger partial charge in [0.25, 0.3) is 0 Å². The Morgan fingerprint density at radius 1 is 1.35 bits per heavy atom. The molecule has 1 heterocycles. The number of likely N-dealkylation sites (N-methyl/N-ethyl adjacent to an activating group) is 1. The fourth-order valence-electron chi connectivity index (χ4n) is 2.28. The van der Waals surface area contributed by atoms with Gasteiger partial charge in [-0.2, -0.15) is 0 Å². The first-order valence-electron chi connectivity index (χ1n) is 6.01. The summed E-state index contributed by atoms with van der Waals surface area (Å²) in [5.41, 5.74) is 0.140. The van der Waals surface area contributed by atoms with Crippen LogP contribution in [0, 0.1) is 11.6 Å². The summed E-state index contributed by atoms with van der Waals surface area (Å²) in [6, 6.07) is 4.32. The summed E-state index contributed by atoms with van der Waals surface area (Å²) in [6.45, 7) is 2.30. The van der Waals surface area contributed by atoms with E-state index in [0.29, 0.717) is 6.04 Å². The molecule has 1 atom stereocenters. The zero-order valence-corrected chi connectivity index (χ0v) is 10.0. The molecule has 1 aliphatic heterocycles. The Bertz CT molecular complexity index is 361. The highest BCUT2D eigenvalue weighted by Crippen LogP contribution is 2.13. The molecule has 0 saturated carbocycles. The smallest absolute Gasteiger partial charge is 0.130 e. The number of hydrogen-bond acceptors (Lipinski definition) is 2. The molecule has 17 heavy (non-hydrogen) atoms. The van der Waals surface area contributed by atoms with E-state index in [9.17, 15) is 8.78 Å². The Balaban J connectivity index is 1.93. The molecule has 0 bridgehead atoms. The molecule has 2 nitrogen and oxygen atoms in total. The second-order valence-electron chi connectivity index (χ2n) is 4.68. The topological polar surface area (TPSA) is 15.3 Å². The Hall–Kier alpha value is -1.00. The lowest BCUT2D eigenvalue weighted by Gasteiger charge is -2.30. The van der Waals surface area contributed by atoms with Gasteiger partial charge in [-0.25, -0.2) is 8.78 Å². The Morgan fingerprint density at radius 3 is 2.71 bits per heavy atom. The molecule has 0 aliphatic carbocycles. The van der Waals surface area contributed by atoms with Gasteiger partial charge in [0.1, 0.15) is 11.6 Å². The van der Waals surface area contributed by atoms with Crippen molar-refractivity contribution in [3.63, 3.8) is 0 Å². The molecule has 1 aliphatic rings. The molecule has 1 unspecified atom stereocenters. The van der Waals surface area contributed by atoms with E-state index in [1.165, 1.54) is 18.2 Å². The molecular formula is C13H18F2N2. The molecule has 0 radical (unpaired) electrons. The van der Waals surface area contributed by atoms with Crippen LogP contribution in [0.1, 0.15) is 18.4 Å². The predicted molar refractivity (Wildman–Crippen MR) is 63.7 cm³/mol. The summed E-state index contributed by atoms with van der Waals surface area (Å²) in [5.74, 6) is -0.941. The van der Waals surface area contributed by atoms with E-state index in [0.717, 1.165) is 25.9 Å². The summed E-state index contributed by atoms with van der Waals surface area (Å²) < 4.78 is 26.8. The average Bonchev–Trinajstić information content (AvgIpc) is 2.28. The van der Waals surface area contributed by atoms with Crippen molar-refractivity contribution in [1.29, 1.82) is 0 Å². The summed E-state index contributed by atoms with van der Waals surface area (Å²) in [5, 5.41) is 3.23. The van der Waals surface area contributed by atoms with Gasteiger partial charge in [-0.15, -0.1) is 0 Å². The van der Waals surface area contributed by atoms with Crippen molar-refractivity contribution < 1.29 is 8.78 Å². The molecule has 94 valence electrons. The van der Waals surface area contributed by atoms with Gasteiger partial charge in [0.2, 0.25) is 0 Å². The first-order valence-corrected chi connectivity index (χ1v) is 6.01. The molecule has 0 aromatic heterocycles. The van der Waals surface area contributed by atoms with Crippen LogP contribution in [0.15, 0.2) is 18.2 Å². The minimum atomic E-state index is -0.471. The molecular weight excluding hydrogens is 222 g/mol. The van der Waals surface area contributed by atoms with Crippen molar-refractivity contribution in [2.45, 2.75) is 25.4 Å². The third-order valence-corrected chi connectivity index (χ3v) is 3.25. The third kappa shape index (κ3) is 3.23. The fourth-order valence-corrected chi connectivity index (χ4v) is 2.28. The molecule has 1 aromatic rings. The zero-order valence-electron chi connectivity index (χ0n) is 10.0. The van der Waals surface area contributed by atoms with Gasteiger partial charge in [0.15, 0.2) is 0 Å². The van der Waals surface area contributed by atoms with E-state index >= 15 is 0 Å². The van der Waals surface area contributed by atoms with Crippen molar-refractivity contribution in [1.82, 2.24) is 10.2 Å². The van der Waals surface area contributed by atoms with Gasteiger partial charge in [-0.3, -0.25) is 0 Å². The van der Waals surface area contributed by atoms with Gasteiger partial charge in [-0.1, -0.05) is 6.07 Å². The van der Waals surface area contributed by atoms with Gasteiger partial charge >= 0.3 is 0 Å². The number of likely N-dealkylation sites (tertiary alicyclic amines) is 1. The number of hydrogen-bond donors (Lipinski definition) is 1. The minimum Gasteiger partial charge on any atom is -0.308 e. The number of nitrogens with zero attached hydrogens (tertiary/aromatic N) is 1. The molecule has 2 rings (SSSR count). The number of benzene rings is 1. The number of nitrogens with one attached hydrogen (secondary N) is 1. The van der Waals surface area contributed by atoms with Crippen molar-refractivity contribution in [2.75, 3.05) is 20.1 Å². The van der Waals surface area contributed by atoms with E-state index in [4.69, 9.17) is 0 Å². The lowest BCUT2D eigenvalue weighted by molar-refractivity contribution is 0.225. The second kappa shape index (κ2) is 5.56. The van der Waals surface area contributed by atoms with E-state index in [1.54, 1.807) is 0 Å². The van der Waals surface area contributed by atoms with Crippen LogP contribution in [0.25, 0.3) is 0 Å². The monoisotopic (exact) mass is 240 g/mol. The highest BCUT2D eigenvalue weighted by molar-refractivity contribution is 5.19. The second-order valence-corrected chi connectivity index (χ2v) is 4.68. The lowest BCUT2D eigenvalue weighted by atomic mass is 10.1. The minimum absolute atomic E-state index is 0.140. The molecule has 1 fully saturated rings. The van der Waals surface area contributed by atoms with E-state index < -0.39 is 11.6 Å². The fraction of sp³-hybridized carbons (Fsp3) is 0.538. The quantitative estimate of drug-likeness (QED) is 0.871.